The highest BCUT2D eigenvalue weighted by Crippen LogP contribution is 2.45. The second-order valence-electron chi connectivity index (χ2n) is 12.5. The number of ether oxygens (including phenoxy) is 1. The molecule has 5 heteroatoms. The molecule has 0 N–H and O–H groups in total. The van der Waals surface area contributed by atoms with Crippen LogP contribution >= 0.6 is 0 Å². The number of para-hydroxylation sites is 6. The lowest BCUT2D eigenvalue weighted by atomic mass is 9.40. The van der Waals surface area contributed by atoms with Crippen LogP contribution in [0.4, 0.5) is 22.7 Å². The monoisotopic (exact) mass is 598 g/mol. The van der Waals surface area contributed by atoms with Gasteiger partial charge in [0, 0.05) is 33.9 Å². The van der Waals surface area contributed by atoms with Crippen LogP contribution in [0.1, 0.15) is 0 Å². The fourth-order valence-electron chi connectivity index (χ4n) is 8.02. The van der Waals surface area contributed by atoms with Crippen molar-refractivity contribution < 1.29 is 4.74 Å². The number of fused-ring (bicyclic) bond motifs is 8. The minimum atomic E-state index is -0.114. The van der Waals surface area contributed by atoms with Gasteiger partial charge in [0.05, 0.1) is 0 Å². The first-order valence-electron chi connectivity index (χ1n) is 16.3. The molecule has 0 aromatic heterocycles. The van der Waals surface area contributed by atoms with Gasteiger partial charge in [-0.1, -0.05) is 115 Å². The number of anilines is 4. The van der Waals surface area contributed by atoms with Crippen molar-refractivity contribution in [1.29, 1.82) is 0 Å². The predicted molar refractivity (Wildman–Crippen MR) is 197 cm³/mol. The predicted octanol–water partition coefficient (Wildman–Crippen LogP) is 7.64. The van der Waals surface area contributed by atoms with E-state index >= 15 is 0 Å². The molecule has 0 saturated heterocycles. The molecular weight excluding hydrogens is 570 g/mol. The summed E-state index contributed by atoms with van der Waals surface area (Å²) < 4.78 is 7.09. The Labute approximate surface area is 275 Å². The number of nitrogens with zero attached hydrogens (tertiary/aromatic N) is 2. The van der Waals surface area contributed by atoms with Crippen LogP contribution in [-0.4, -0.2) is 13.7 Å². The van der Waals surface area contributed by atoms with Crippen molar-refractivity contribution in [3.05, 3.63) is 170 Å². The maximum atomic E-state index is 7.09. The van der Waals surface area contributed by atoms with Crippen LogP contribution in [0.25, 0.3) is 22.3 Å². The van der Waals surface area contributed by atoms with E-state index in [1.807, 2.05) is 0 Å². The number of hydrogen-bond acceptors (Lipinski definition) is 3. The highest BCUT2D eigenvalue weighted by Gasteiger charge is 2.44. The van der Waals surface area contributed by atoms with Crippen LogP contribution < -0.4 is 36.2 Å². The molecule has 0 atom stereocenters. The molecule has 7 aromatic carbocycles. The minimum Gasteiger partial charge on any atom is -0.458 e. The third kappa shape index (κ3) is 3.90. The third-order valence-corrected chi connectivity index (χ3v) is 9.95. The van der Waals surface area contributed by atoms with Crippen LogP contribution in [0.2, 0.25) is 0 Å². The number of benzene rings is 7. The first-order chi connectivity index (χ1) is 23.3. The molecule has 3 aliphatic rings. The standard InChI is InChI=1S/C42H28B2N2O/c1-3-15-29(16-4-1)45-39-23-11-7-19-31(39)33-27-34-32-20-8-12-24-40(32)46(30-17-5-2-6-18-30)44-36-22-10-14-26-42(36)47-41-25-13-9-21-35(41)43(45)37(33)28-38(34)44/h1-28H. The Morgan fingerprint density at radius 1 is 0.340 bits per heavy atom. The Hall–Kier alpha value is -5.93. The summed E-state index contributed by atoms with van der Waals surface area (Å²) in [6.45, 7) is -0.228. The average Bonchev–Trinajstić information content (AvgIpc) is 3.14. The topological polar surface area (TPSA) is 15.7 Å². The van der Waals surface area contributed by atoms with Crippen molar-refractivity contribution >= 4 is 58.3 Å². The van der Waals surface area contributed by atoms with Gasteiger partial charge in [-0.05, 0) is 87.6 Å². The Bertz CT molecular complexity index is 2160. The fourth-order valence-corrected chi connectivity index (χ4v) is 8.02. The average molecular weight is 598 g/mol. The Morgan fingerprint density at radius 3 is 1.23 bits per heavy atom. The van der Waals surface area contributed by atoms with Crippen molar-refractivity contribution in [2.75, 3.05) is 9.62 Å². The Kier molecular flexibility index (Phi) is 5.76. The maximum Gasteiger partial charge on any atom is 0.332 e. The van der Waals surface area contributed by atoms with E-state index in [1.54, 1.807) is 0 Å². The van der Waals surface area contributed by atoms with Gasteiger partial charge >= 0.3 is 13.7 Å². The molecule has 47 heavy (non-hydrogen) atoms. The van der Waals surface area contributed by atoms with Gasteiger partial charge in [0.2, 0.25) is 0 Å². The first-order valence-corrected chi connectivity index (χ1v) is 16.3. The zero-order valence-corrected chi connectivity index (χ0v) is 25.6. The van der Waals surface area contributed by atoms with Crippen LogP contribution in [0, 0.1) is 0 Å². The summed E-state index contributed by atoms with van der Waals surface area (Å²) in [4.78, 5) is 5.00. The van der Waals surface area contributed by atoms with Gasteiger partial charge in [-0.15, -0.1) is 0 Å². The second-order valence-corrected chi connectivity index (χ2v) is 12.5. The zero-order chi connectivity index (χ0) is 30.9. The van der Waals surface area contributed by atoms with E-state index in [-0.39, 0.29) is 13.7 Å². The van der Waals surface area contributed by atoms with Crippen LogP contribution in [0.15, 0.2) is 170 Å². The number of hydrogen-bond donors (Lipinski definition) is 0. The normalized spacial score (nSPS) is 13.5. The van der Waals surface area contributed by atoms with Crippen LogP contribution in [-0.2, 0) is 0 Å². The Morgan fingerprint density at radius 2 is 0.745 bits per heavy atom. The minimum absolute atomic E-state index is 0.114. The van der Waals surface area contributed by atoms with Gasteiger partial charge in [-0.25, -0.2) is 0 Å². The molecule has 10 rings (SSSR count). The lowest BCUT2D eigenvalue weighted by molar-refractivity contribution is 0.490. The summed E-state index contributed by atoms with van der Waals surface area (Å²) in [7, 11) is 0. The highest BCUT2D eigenvalue weighted by molar-refractivity contribution is 6.94. The van der Waals surface area contributed by atoms with Gasteiger partial charge in [-0.2, -0.15) is 0 Å². The lowest BCUT2D eigenvalue weighted by Gasteiger charge is -2.43. The van der Waals surface area contributed by atoms with E-state index in [2.05, 4.69) is 179 Å². The second kappa shape index (κ2) is 10.3. The van der Waals surface area contributed by atoms with Crippen LogP contribution in [0.5, 0.6) is 11.5 Å². The summed E-state index contributed by atoms with van der Waals surface area (Å²) in [6, 6.07) is 61.4. The van der Waals surface area contributed by atoms with Crippen molar-refractivity contribution in [3.8, 4) is 33.8 Å². The molecule has 3 nitrogen and oxygen atoms in total. The van der Waals surface area contributed by atoms with E-state index in [0.717, 1.165) is 33.8 Å². The highest BCUT2D eigenvalue weighted by atomic mass is 16.5. The van der Waals surface area contributed by atoms with Crippen molar-refractivity contribution in [2.45, 2.75) is 0 Å². The SMILES string of the molecule is c1ccc(N2B3c4ccccc4Oc4ccccc4B4c5cc3c(cc5-c3ccccc3N4c3ccccc3)-c3ccccc32)cc1. The first kappa shape index (κ1) is 26.3. The molecule has 218 valence electrons. The molecular formula is C42H28B2N2O. The fraction of sp³-hybridized carbons (Fsp3) is 0. The molecule has 0 amide bonds. The van der Waals surface area contributed by atoms with E-state index in [9.17, 15) is 0 Å². The molecule has 2 bridgehead atoms. The summed E-state index contributed by atoms with van der Waals surface area (Å²) in [5, 5.41) is 0. The van der Waals surface area contributed by atoms with Gasteiger partial charge in [-0.3, -0.25) is 0 Å². The molecule has 0 radical (unpaired) electrons. The Balaban J connectivity index is 1.37. The molecule has 0 fully saturated rings. The molecule has 7 aromatic rings. The molecule has 0 spiro atoms. The zero-order valence-electron chi connectivity index (χ0n) is 25.6. The lowest BCUT2D eigenvalue weighted by Crippen LogP contribution is -2.62. The molecule has 0 unspecified atom stereocenters. The van der Waals surface area contributed by atoms with Gasteiger partial charge in [0.25, 0.3) is 0 Å². The largest absolute Gasteiger partial charge is 0.458 e. The third-order valence-electron chi connectivity index (χ3n) is 9.95. The van der Waals surface area contributed by atoms with E-state index in [1.165, 1.54) is 44.6 Å². The molecule has 0 aliphatic carbocycles. The summed E-state index contributed by atoms with van der Waals surface area (Å²) in [5.41, 5.74) is 14.5. The van der Waals surface area contributed by atoms with Crippen molar-refractivity contribution in [1.82, 2.24) is 0 Å². The van der Waals surface area contributed by atoms with Gasteiger partial charge in [0.15, 0.2) is 0 Å². The summed E-state index contributed by atoms with van der Waals surface area (Å²) >= 11 is 0. The van der Waals surface area contributed by atoms with Gasteiger partial charge < -0.3 is 14.4 Å². The molecule has 3 heterocycles. The van der Waals surface area contributed by atoms with Crippen molar-refractivity contribution in [3.63, 3.8) is 0 Å². The number of rotatable bonds is 2. The van der Waals surface area contributed by atoms with Crippen molar-refractivity contribution in [2.24, 2.45) is 0 Å². The van der Waals surface area contributed by atoms with E-state index < -0.39 is 0 Å². The van der Waals surface area contributed by atoms with E-state index in [0.29, 0.717) is 0 Å². The molecule has 0 saturated carbocycles. The van der Waals surface area contributed by atoms with Crippen LogP contribution in [0.3, 0.4) is 0 Å². The maximum absolute atomic E-state index is 7.09. The smallest absolute Gasteiger partial charge is 0.332 e. The summed E-state index contributed by atoms with van der Waals surface area (Å²) in [5.74, 6) is 1.73. The molecule has 3 aliphatic heterocycles. The summed E-state index contributed by atoms with van der Waals surface area (Å²) in [6.07, 6.45) is 0. The van der Waals surface area contributed by atoms with E-state index in [4.69, 9.17) is 4.74 Å². The quantitative estimate of drug-likeness (QED) is 0.190. The van der Waals surface area contributed by atoms with Gasteiger partial charge in [0.1, 0.15) is 11.5 Å².